The first-order valence-electron chi connectivity index (χ1n) is 1.70. The van der Waals surface area contributed by atoms with Crippen LogP contribution in [0.1, 0.15) is 0 Å². The molecular formula is C3H7ClN2O. The lowest BCUT2D eigenvalue weighted by Gasteiger charge is -2.09. The molecule has 0 aliphatic carbocycles. The lowest BCUT2D eigenvalue weighted by molar-refractivity contribution is -0.0395. The van der Waals surface area contributed by atoms with E-state index in [1.165, 1.54) is 7.11 Å². The zero-order valence-corrected chi connectivity index (χ0v) is 4.99. The Morgan fingerprint density at radius 3 is 2.29 bits per heavy atom. The molecule has 42 valence electrons. The first kappa shape index (κ1) is 6.72. The van der Waals surface area contributed by atoms with Gasteiger partial charge >= 0.3 is 0 Å². The molecule has 0 rings (SSSR count). The minimum absolute atomic E-state index is 0.123. The normalized spacial score (nSPS) is 8.43. The Morgan fingerprint density at radius 1 is 1.86 bits per heavy atom. The predicted molar refractivity (Wildman–Crippen MR) is 28.4 cm³/mol. The zero-order valence-electron chi connectivity index (χ0n) is 4.23. The molecule has 0 aromatic rings. The Labute approximate surface area is 47.3 Å². The zero-order chi connectivity index (χ0) is 5.86. The molecule has 0 spiro atoms. The van der Waals surface area contributed by atoms with Crippen LogP contribution in [0.25, 0.3) is 0 Å². The third kappa shape index (κ3) is 2.42. The molecule has 0 atom stereocenters. The molecule has 0 saturated carbocycles. The number of nitrogens with zero attached hydrogens (tertiary/aromatic N) is 1. The minimum atomic E-state index is -0.123. The molecule has 0 bridgehead atoms. The van der Waals surface area contributed by atoms with Gasteiger partial charge in [-0.25, -0.2) is 5.06 Å². The molecule has 4 heteroatoms. The topological polar surface area (TPSA) is 36.3 Å². The molecule has 0 amide bonds. The van der Waals surface area contributed by atoms with Crippen molar-refractivity contribution < 1.29 is 4.84 Å². The van der Waals surface area contributed by atoms with E-state index in [4.69, 9.17) is 17.0 Å². The molecule has 0 aromatic heterocycles. The fourth-order valence-electron chi connectivity index (χ4n) is 0.0801. The van der Waals surface area contributed by atoms with Gasteiger partial charge in [-0.2, -0.15) is 0 Å². The Hall–Kier alpha value is -0.280. The van der Waals surface area contributed by atoms with E-state index in [1.807, 2.05) is 0 Å². The number of hydrogen-bond acceptors (Lipinski definition) is 2. The number of amidine groups is 1. The smallest absolute Gasteiger partial charge is 0.215 e. The number of halogens is 1. The van der Waals surface area contributed by atoms with Crippen molar-refractivity contribution in [1.82, 2.24) is 5.06 Å². The van der Waals surface area contributed by atoms with E-state index in [0.717, 1.165) is 5.06 Å². The highest BCUT2D eigenvalue weighted by Crippen LogP contribution is 1.86. The molecule has 0 aromatic carbocycles. The van der Waals surface area contributed by atoms with Crippen LogP contribution in [-0.2, 0) is 4.84 Å². The number of hydroxylamine groups is 2. The van der Waals surface area contributed by atoms with Crippen molar-refractivity contribution in [1.29, 1.82) is 5.41 Å². The summed E-state index contributed by atoms with van der Waals surface area (Å²) in [4.78, 5) is 4.49. The van der Waals surface area contributed by atoms with E-state index in [0.29, 0.717) is 0 Å². The van der Waals surface area contributed by atoms with Gasteiger partial charge in [-0.05, 0) is 11.6 Å². The molecule has 0 fully saturated rings. The van der Waals surface area contributed by atoms with Crippen molar-refractivity contribution in [3.63, 3.8) is 0 Å². The highest BCUT2D eigenvalue weighted by molar-refractivity contribution is 6.63. The van der Waals surface area contributed by atoms with Crippen LogP contribution in [0.5, 0.6) is 0 Å². The van der Waals surface area contributed by atoms with E-state index in [2.05, 4.69) is 4.84 Å². The maximum atomic E-state index is 6.67. The van der Waals surface area contributed by atoms with Crippen LogP contribution >= 0.6 is 11.6 Å². The molecule has 0 heterocycles. The summed E-state index contributed by atoms with van der Waals surface area (Å²) in [6.45, 7) is 0. The number of nitrogens with one attached hydrogen (secondary N) is 1. The summed E-state index contributed by atoms with van der Waals surface area (Å²) in [5, 5.41) is 7.68. The van der Waals surface area contributed by atoms with Crippen LogP contribution in [0.4, 0.5) is 0 Å². The van der Waals surface area contributed by atoms with E-state index >= 15 is 0 Å². The van der Waals surface area contributed by atoms with Crippen molar-refractivity contribution >= 4 is 16.9 Å². The third-order valence-electron chi connectivity index (χ3n) is 0.550. The van der Waals surface area contributed by atoms with Crippen LogP contribution in [-0.4, -0.2) is 24.5 Å². The Bertz CT molecular complexity index is 75.3. The second kappa shape index (κ2) is 2.82. The van der Waals surface area contributed by atoms with Crippen LogP contribution < -0.4 is 0 Å². The molecular weight excluding hydrogens is 115 g/mol. The maximum absolute atomic E-state index is 6.67. The summed E-state index contributed by atoms with van der Waals surface area (Å²) in [6, 6.07) is 0. The summed E-state index contributed by atoms with van der Waals surface area (Å²) in [6.07, 6.45) is 0. The summed E-state index contributed by atoms with van der Waals surface area (Å²) >= 11 is 5.11. The van der Waals surface area contributed by atoms with Gasteiger partial charge in [0.2, 0.25) is 5.29 Å². The highest BCUT2D eigenvalue weighted by Gasteiger charge is 1.93. The fraction of sp³-hybridized carbons (Fsp3) is 0.667. The van der Waals surface area contributed by atoms with Crippen LogP contribution in [0.15, 0.2) is 0 Å². The Kier molecular flexibility index (Phi) is 2.71. The van der Waals surface area contributed by atoms with Crippen LogP contribution in [0.2, 0.25) is 0 Å². The molecule has 7 heavy (non-hydrogen) atoms. The Morgan fingerprint density at radius 2 is 2.29 bits per heavy atom. The average Bonchev–Trinajstić information content (AvgIpc) is 1.65. The van der Waals surface area contributed by atoms with Crippen molar-refractivity contribution in [2.24, 2.45) is 0 Å². The molecule has 1 N–H and O–H groups in total. The van der Waals surface area contributed by atoms with Gasteiger partial charge in [-0.15, -0.1) is 0 Å². The third-order valence-corrected chi connectivity index (χ3v) is 0.788. The summed E-state index contributed by atoms with van der Waals surface area (Å²) < 4.78 is 0. The van der Waals surface area contributed by atoms with Gasteiger partial charge in [0, 0.05) is 7.05 Å². The van der Waals surface area contributed by atoms with Crippen LogP contribution in [0, 0.1) is 5.41 Å². The average molecular weight is 123 g/mol. The van der Waals surface area contributed by atoms with Gasteiger partial charge in [0.05, 0.1) is 7.11 Å². The summed E-state index contributed by atoms with van der Waals surface area (Å²) in [5.74, 6) is 0. The van der Waals surface area contributed by atoms with Crippen molar-refractivity contribution in [2.75, 3.05) is 14.2 Å². The number of hydrogen-bond donors (Lipinski definition) is 1. The Balaban J connectivity index is 3.34. The first-order valence-corrected chi connectivity index (χ1v) is 2.08. The molecule has 0 unspecified atom stereocenters. The second-order valence-corrected chi connectivity index (χ2v) is 1.33. The largest absolute Gasteiger partial charge is 0.275 e. The lowest BCUT2D eigenvalue weighted by Crippen LogP contribution is -2.19. The van der Waals surface area contributed by atoms with Crippen LogP contribution in [0.3, 0.4) is 0 Å². The van der Waals surface area contributed by atoms with E-state index in [-0.39, 0.29) is 5.29 Å². The molecule has 3 nitrogen and oxygen atoms in total. The minimum Gasteiger partial charge on any atom is -0.275 e. The summed E-state index contributed by atoms with van der Waals surface area (Å²) in [5.41, 5.74) is 0. The highest BCUT2D eigenvalue weighted by atomic mass is 35.5. The van der Waals surface area contributed by atoms with E-state index < -0.39 is 0 Å². The molecule has 0 aliphatic heterocycles. The van der Waals surface area contributed by atoms with Crippen molar-refractivity contribution in [3.05, 3.63) is 0 Å². The number of rotatable bonds is 1. The second-order valence-electron chi connectivity index (χ2n) is 0.971. The molecule has 0 saturated heterocycles. The van der Waals surface area contributed by atoms with Crippen molar-refractivity contribution in [2.45, 2.75) is 0 Å². The van der Waals surface area contributed by atoms with Crippen molar-refractivity contribution in [3.8, 4) is 0 Å². The van der Waals surface area contributed by atoms with Gasteiger partial charge < -0.3 is 0 Å². The lowest BCUT2D eigenvalue weighted by atomic mass is 11.1. The fourth-order valence-corrected chi connectivity index (χ4v) is 0.149. The van der Waals surface area contributed by atoms with Gasteiger partial charge in [0.25, 0.3) is 0 Å². The monoisotopic (exact) mass is 122 g/mol. The molecule has 0 aliphatic rings. The van der Waals surface area contributed by atoms with E-state index in [1.54, 1.807) is 7.05 Å². The van der Waals surface area contributed by atoms with Gasteiger partial charge in [0.1, 0.15) is 0 Å². The predicted octanol–water partition coefficient (Wildman–Crippen LogP) is 0.653. The van der Waals surface area contributed by atoms with Gasteiger partial charge in [0.15, 0.2) is 0 Å². The van der Waals surface area contributed by atoms with Gasteiger partial charge in [-0.3, -0.25) is 10.2 Å². The quantitative estimate of drug-likeness (QED) is 0.240. The maximum Gasteiger partial charge on any atom is 0.215 e. The summed E-state index contributed by atoms with van der Waals surface area (Å²) in [7, 11) is 2.99. The van der Waals surface area contributed by atoms with Gasteiger partial charge in [-0.1, -0.05) is 0 Å². The van der Waals surface area contributed by atoms with E-state index in [9.17, 15) is 0 Å². The standard InChI is InChI=1S/C3H7ClN2O/c1-6(7-2)3(4)5/h5H,1-2H3. The molecule has 0 radical (unpaired) electrons. The SMILES string of the molecule is CON(C)C(=N)Cl. The first-order chi connectivity index (χ1) is 3.18.